The number of halogens is 2. The summed E-state index contributed by atoms with van der Waals surface area (Å²) in [4.78, 5) is 11.7. The molecule has 0 aliphatic carbocycles. The van der Waals surface area contributed by atoms with Crippen molar-refractivity contribution in [3.63, 3.8) is 0 Å². The van der Waals surface area contributed by atoms with Gasteiger partial charge in [0.2, 0.25) is 0 Å². The molecule has 0 saturated carbocycles. The van der Waals surface area contributed by atoms with Gasteiger partial charge in [0.1, 0.15) is 5.82 Å². The van der Waals surface area contributed by atoms with Crippen LogP contribution in [0.15, 0.2) is 18.2 Å². The maximum Gasteiger partial charge on any atom is 0.254 e. The second-order valence-corrected chi connectivity index (χ2v) is 4.22. The van der Waals surface area contributed by atoms with E-state index in [0.29, 0.717) is 0 Å². The monoisotopic (exact) mass is 243 g/mol. The molecule has 88 valence electrons. The van der Waals surface area contributed by atoms with Gasteiger partial charge in [0.05, 0.1) is 5.56 Å². The van der Waals surface area contributed by atoms with Crippen molar-refractivity contribution >= 4 is 17.5 Å². The van der Waals surface area contributed by atoms with Gasteiger partial charge in [0, 0.05) is 11.1 Å². The van der Waals surface area contributed by atoms with Crippen LogP contribution in [0.25, 0.3) is 0 Å². The minimum atomic E-state index is -0.589. The predicted molar refractivity (Wildman–Crippen MR) is 63.2 cm³/mol. The van der Waals surface area contributed by atoms with Crippen LogP contribution in [0.3, 0.4) is 0 Å². The van der Waals surface area contributed by atoms with Crippen molar-refractivity contribution in [3.8, 4) is 0 Å². The smallest absolute Gasteiger partial charge is 0.254 e. The second-order valence-electron chi connectivity index (χ2n) is 3.79. The Labute approximate surface area is 99.8 Å². The number of amides is 1. The van der Waals surface area contributed by atoms with E-state index in [2.05, 4.69) is 5.32 Å². The van der Waals surface area contributed by atoms with Gasteiger partial charge in [-0.05, 0) is 31.5 Å². The molecule has 0 aromatic heterocycles. The molecule has 0 heterocycles. The largest absolute Gasteiger partial charge is 0.349 e. The van der Waals surface area contributed by atoms with Crippen molar-refractivity contribution in [1.82, 2.24) is 5.32 Å². The van der Waals surface area contributed by atoms with Gasteiger partial charge in [0.15, 0.2) is 0 Å². The molecular weight excluding hydrogens is 229 g/mol. The Kier molecular flexibility index (Phi) is 4.74. The van der Waals surface area contributed by atoms with Gasteiger partial charge in [-0.2, -0.15) is 0 Å². The molecule has 0 saturated heterocycles. The van der Waals surface area contributed by atoms with Crippen LogP contribution in [0.2, 0.25) is 5.02 Å². The zero-order chi connectivity index (χ0) is 12.1. The summed E-state index contributed by atoms with van der Waals surface area (Å²) in [6.07, 6.45) is 1.85. The van der Waals surface area contributed by atoms with Crippen LogP contribution in [-0.2, 0) is 0 Å². The van der Waals surface area contributed by atoms with Crippen molar-refractivity contribution in [2.45, 2.75) is 32.7 Å². The molecule has 0 spiro atoms. The highest BCUT2D eigenvalue weighted by molar-refractivity contribution is 6.30. The van der Waals surface area contributed by atoms with Crippen molar-refractivity contribution in [2.24, 2.45) is 0 Å². The molecule has 1 aromatic rings. The Morgan fingerprint density at radius 3 is 2.81 bits per heavy atom. The number of nitrogens with one attached hydrogen (secondary N) is 1. The Balaban J connectivity index is 2.73. The standard InChI is InChI=1S/C12H15ClFNO/c1-3-4-8(2)15-12(16)10-6-5-9(13)7-11(10)14/h5-8H,3-4H2,1-2H3,(H,15,16)/t8-/m0/s1. The summed E-state index contributed by atoms with van der Waals surface area (Å²) in [6, 6.07) is 4.09. The van der Waals surface area contributed by atoms with Gasteiger partial charge in [0.25, 0.3) is 5.91 Å². The van der Waals surface area contributed by atoms with Gasteiger partial charge in [-0.1, -0.05) is 24.9 Å². The maximum atomic E-state index is 13.4. The minimum Gasteiger partial charge on any atom is -0.349 e. The molecule has 1 rings (SSSR count). The number of hydrogen-bond donors (Lipinski definition) is 1. The van der Waals surface area contributed by atoms with E-state index < -0.39 is 11.7 Å². The lowest BCUT2D eigenvalue weighted by Crippen LogP contribution is -2.32. The van der Waals surface area contributed by atoms with Crippen LogP contribution in [0.1, 0.15) is 37.0 Å². The number of rotatable bonds is 4. The van der Waals surface area contributed by atoms with Crippen LogP contribution in [0.4, 0.5) is 4.39 Å². The first kappa shape index (κ1) is 13.0. The molecule has 0 aliphatic rings. The topological polar surface area (TPSA) is 29.1 Å². The van der Waals surface area contributed by atoms with Gasteiger partial charge >= 0.3 is 0 Å². The molecule has 0 bridgehead atoms. The van der Waals surface area contributed by atoms with E-state index in [0.717, 1.165) is 18.9 Å². The Hall–Kier alpha value is -1.09. The molecule has 0 fully saturated rings. The molecule has 1 aromatic carbocycles. The fourth-order valence-corrected chi connectivity index (χ4v) is 1.64. The number of carbonyl (C=O) groups is 1. The van der Waals surface area contributed by atoms with E-state index in [9.17, 15) is 9.18 Å². The molecular formula is C12H15ClFNO. The quantitative estimate of drug-likeness (QED) is 0.863. The van der Waals surface area contributed by atoms with Crippen LogP contribution in [-0.4, -0.2) is 11.9 Å². The average Bonchev–Trinajstić information content (AvgIpc) is 2.17. The third-order valence-electron chi connectivity index (χ3n) is 2.27. The van der Waals surface area contributed by atoms with Crippen LogP contribution < -0.4 is 5.32 Å². The third kappa shape index (κ3) is 3.49. The van der Waals surface area contributed by atoms with Gasteiger partial charge in [-0.25, -0.2) is 4.39 Å². The molecule has 1 atom stereocenters. The van der Waals surface area contributed by atoms with Crippen LogP contribution in [0, 0.1) is 5.82 Å². The van der Waals surface area contributed by atoms with E-state index in [1.165, 1.54) is 12.1 Å². The summed E-state index contributed by atoms with van der Waals surface area (Å²) < 4.78 is 13.4. The number of benzene rings is 1. The van der Waals surface area contributed by atoms with Crippen LogP contribution >= 0.6 is 11.6 Å². The lowest BCUT2D eigenvalue weighted by molar-refractivity contribution is 0.0934. The van der Waals surface area contributed by atoms with Gasteiger partial charge in [-0.3, -0.25) is 4.79 Å². The zero-order valence-corrected chi connectivity index (χ0v) is 10.1. The molecule has 0 aliphatic heterocycles. The van der Waals surface area contributed by atoms with Crippen molar-refractivity contribution in [1.29, 1.82) is 0 Å². The summed E-state index contributed by atoms with van der Waals surface area (Å²) in [5.74, 6) is -0.983. The molecule has 2 nitrogen and oxygen atoms in total. The highest BCUT2D eigenvalue weighted by Crippen LogP contribution is 2.14. The third-order valence-corrected chi connectivity index (χ3v) is 2.51. The fraction of sp³-hybridized carbons (Fsp3) is 0.417. The average molecular weight is 244 g/mol. The van der Waals surface area contributed by atoms with Crippen molar-refractivity contribution in [2.75, 3.05) is 0 Å². The summed E-state index contributed by atoms with van der Waals surface area (Å²) in [6.45, 7) is 3.93. The molecule has 0 radical (unpaired) electrons. The van der Waals surface area contributed by atoms with E-state index in [-0.39, 0.29) is 16.6 Å². The Bertz CT molecular complexity index is 381. The fourth-order valence-electron chi connectivity index (χ4n) is 1.48. The SMILES string of the molecule is CCC[C@H](C)NC(=O)c1ccc(Cl)cc1F. The van der Waals surface area contributed by atoms with E-state index >= 15 is 0 Å². The summed E-state index contributed by atoms with van der Waals surface area (Å²) >= 11 is 5.61. The first-order valence-electron chi connectivity index (χ1n) is 5.30. The number of carbonyl (C=O) groups excluding carboxylic acids is 1. The van der Waals surface area contributed by atoms with Gasteiger partial charge in [-0.15, -0.1) is 0 Å². The first-order chi connectivity index (χ1) is 7.54. The molecule has 16 heavy (non-hydrogen) atoms. The zero-order valence-electron chi connectivity index (χ0n) is 9.39. The van der Waals surface area contributed by atoms with Crippen LogP contribution in [0.5, 0.6) is 0 Å². The predicted octanol–water partition coefficient (Wildman–Crippen LogP) is 3.40. The molecule has 4 heteroatoms. The Morgan fingerprint density at radius 2 is 2.25 bits per heavy atom. The highest BCUT2D eigenvalue weighted by Gasteiger charge is 2.13. The first-order valence-corrected chi connectivity index (χ1v) is 5.68. The Morgan fingerprint density at radius 1 is 1.56 bits per heavy atom. The van der Waals surface area contributed by atoms with E-state index in [1.807, 2.05) is 13.8 Å². The molecule has 0 unspecified atom stereocenters. The maximum absolute atomic E-state index is 13.4. The molecule has 1 amide bonds. The molecule has 1 N–H and O–H groups in total. The minimum absolute atomic E-state index is 0.0346. The summed E-state index contributed by atoms with van der Waals surface area (Å²) in [7, 11) is 0. The van der Waals surface area contributed by atoms with E-state index in [1.54, 1.807) is 0 Å². The number of hydrogen-bond acceptors (Lipinski definition) is 1. The summed E-state index contributed by atoms with van der Waals surface area (Å²) in [5, 5.41) is 3.02. The normalized spacial score (nSPS) is 12.2. The highest BCUT2D eigenvalue weighted by atomic mass is 35.5. The second kappa shape index (κ2) is 5.85. The van der Waals surface area contributed by atoms with E-state index in [4.69, 9.17) is 11.6 Å². The van der Waals surface area contributed by atoms with Gasteiger partial charge < -0.3 is 5.32 Å². The van der Waals surface area contributed by atoms with Crippen molar-refractivity contribution in [3.05, 3.63) is 34.6 Å². The summed E-state index contributed by atoms with van der Waals surface area (Å²) in [5.41, 5.74) is 0.0346. The van der Waals surface area contributed by atoms with Crippen molar-refractivity contribution < 1.29 is 9.18 Å². The lowest BCUT2D eigenvalue weighted by Gasteiger charge is -2.13. The lowest BCUT2D eigenvalue weighted by atomic mass is 10.1.